The molecule has 0 saturated heterocycles. The van der Waals surface area contributed by atoms with Crippen molar-refractivity contribution in [3.63, 3.8) is 0 Å². The molecular weight excluding hydrogens is 192 g/mol. The summed E-state index contributed by atoms with van der Waals surface area (Å²) in [5.41, 5.74) is 3.61. The first-order chi connectivity index (χ1) is 7.33. The van der Waals surface area contributed by atoms with Gasteiger partial charge in [0.2, 0.25) is 0 Å². The smallest absolute Gasteiger partial charge is 0.354 e. The van der Waals surface area contributed by atoms with Crippen molar-refractivity contribution in [3.05, 3.63) is 35.9 Å². The van der Waals surface area contributed by atoms with E-state index in [-0.39, 0.29) is 0 Å². The predicted octanol–water partition coefficient (Wildman–Crippen LogP) is 1.83. The van der Waals surface area contributed by atoms with E-state index in [4.69, 9.17) is 4.84 Å². The monoisotopic (exact) mass is 208 g/mol. The highest BCUT2D eigenvalue weighted by molar-refractivity contribution is 5.66. The van der Waals surface area contributed by atoms with Crippen molar-refractivity contribution >= 4 is 6.09 Å². The Balaban J connectivity index is 2.17. The molecule has 1 aromatic rings. The highest BCUT2D eigenvalue weighted by Gasteiger charge is 2.00. The minimum absolute atomic E-state index is 0.452. The van der Waals surface area contributed by atoms with Crippen LogP contribution in [0.1, 0.15) is 18.9 Å². The molecule has 0 aromatic heterocycles. The molecule has 0 fully saturated rings. The summed E-state index contributed by atoms with van der Waals surface area (Å²) in [7, 11) is 0. The van der Waals surface area contributed by atoms with Gasteiger partial charge in [0, 0.05) is 13.1 Å². The number of benzene rings is 1. The van der Waals surface area contributed by atoms with E-state index in [1.54, 1.807) is 0 Å². The van der Waals surface area contributed by atoms with E-state index in [0.29, 0.717) is 13.1 Å². The van der Waals surface area contributed by atoms with Crippen LogP contribution in [0.5, 0.6) is 0 Å². The summed E-state index contributed by atoms with van der Waals surface area (Å²) in [4.78, 5) is 15.8. The van der Waals surface area contributed by atoms with Gasteiger partial charge in [-0.3, -0.25) is 0 Å². The number of hydroxylamine groups is 1. The Bertz CT molecular complexity index is 288. The van der Waals surface area contributed by atoms with Gasteiger partial charge in [0.1, 0.15) is 0 Å². The van der Waals surface area contributed by atoms with Gasteiger partial charge in [-0.1, -0.05) is 37.3 Å². The largest absolute Gasteiger partial charge is 0.426 e. The van der Waals surface area contributed by atoms with Crippen molar-refractivity contribution < 1.29 is 9.63 Å². The van der Waals surface area contributed by atoms with Gasteiger partial charge in [0.05, 0.1) is 0 Å². The Morgan fingerprint density at radius 2 is 2.07 bits per heavy atom. The van der Waals surface area contributed by atoms with Crippen LogP contribution in [0, 0.1) is 0 Å². The number of amides is 1. The van der Waals surface area contributed by atoms with Crippen LogP contribution in [0.25, 0.3) is 0 Å². The summed E-state index contributed by atoms with van der Waals surface area (Å²) in [6, 6.07) is 9.68. The second-order valence-electron chi connectivity index (χ2n) is 3.12. The lowest BCUT2D eigenvalue weighted by molar-refractivity contribution is 0.0894. The van der Waals surface area contributed by atoms with Crippen LogP contribution in [0.15, 0.2) is 30.3 Å². The van der Waals surface area contributed by atoms with Gasteiger partial charge in [-0.05, 0) is 12.0 Å². The van der Waals surface area contributed by atoms with E-state index < -0.39 is 6.09 Å². The zero-order valence-corrected chi connectivity index (χ0v) is 8.82. The van der Waals surface area contributed by atoms with Gasteiger partial charge in [0.15, 0.2) is 0 Å². The molecule has 0 aliphatic rings. The maximum absolute atomic E-state index is 11.1. The minimum atomic E-state index is -0.452. The van der Waals surface area contributed by atoms with Crippen LogP contribution in [0.2, 0.25) is 0 Å². The molecule has 0 bridgehead atoms. The van der Waals surface area contributed by atoms with E-state index in [2.05, 4.69) is 10.8 Å². The van der Waals surface area contributed by atoms with Gasteiger partial charge in [-0.2, -0.15) is 5.48 Å². The first-order valence-electron chi connectivity index (χ1n) is 5.04. The summed E-state index contributed by atoms with van der Waals surface area (Å²) < 4.78 is 0. The number of carbonyl (C=O) groups is 1. The Morgan fingerprint density at radius 1 is 1.33 bits per heavy atom. The summed E-state index contributed by atoms with van der Waals surface area (Å²) in [6.07, 6.45) is 0.471. The Hall–Kier alpha value is -1.55. The SMILES string of the molecule is CCCNOC(=O)NCc1ccccc1. The van der Waals surface area contributed by atoms with Crippen LogP contribution in [0.4, 0.5) is 4.79 Å². The zero-order valence-electron chi connectivity index (χ0n) is 8.82. The van der Waals surface area contributed by atoms with Crippen LogP contribution < -0.4 is 10.8 Å². The molecule has 4 nitrogen and oxygen atoms in total. The first kappa shape index (κ1) is 11.5. The third-order valence-electron chi connectivity index (χ3n) is 1.80. The molecule has 2 N–H and O–H groups in total. The number of carbonyl (C=O) groups excluding carboxylic acids is 1. The first-order valence-corrected chi connectivity index (χ1v) is 5.04. The molecule has 0 atom stereocenters. The molecule has 0 radical (unpaired) electrons. The van der Waals surface area contributed by atoms with E-state index in [9.17, 15) is 4.79 Å². The van der Waals surface area contributed by atoms with Crippen molar-refractivity contribution in [1.29, 1.82) is 0 Å². The van der Waals surface area contributed by atoms with Crippen molar-refractivity contribution in [1.82, 2.24) is 10.8 Å². The van der Waals surface area contributed by atoms with Crippen molar-refractivity contribution in [2.75, 3.05) is 6.54 Å². The molecule has 0 aliphatic carbocycles. The van der Waals surface area contributed by atoms with Crippen LogP contribution in [-0.4, -0.2) is 12.6 Å². The van der Waals surface area contributed by atoms with Crippen LogP contribution in [-0.2, 0) is 11.4 Å². The summed E-state index contributed by atoms with van der Waals surface area (Å²) in [5.74, 6) is 0. The fourth-order valence-corrected chi connectivity index (χ4v) is 1.02. The fraction of sp³-hybridized carbons (Fsp3) is 0.364. The normalized spacial score (nSPS) is 9.67. The van der Waals surface area contributed by atoms with Crippen LogP contribution >= 0.6 is 0 Å². The number of rotatable bonds is 5. The van der Waals surface area contributed by atoms with E-state index >= 15 is 0 Å². The molecule has 0 spiro atoms. The van der Waals surface area contributed by atoms with E-state index in [1.165, 1.54) is 0 Å². The molecule has 0 unspecified atom stereocenters. The molecule has 82 valence electrons. The molecule has 15 heavy (non-hydrogen) atoms. The topological polar surface area (TPSA) is 50.4 Å². The van der Waals surface area contributed by atoms with E-state index in [0.717, 1.165) is 12.0 Å². The van der Waals surface area contributed by atoms with E-state index in [1.807, 2.05) is 37.3 Å². The second-order valence-corrected chi connectivity index (χ2v) is 3.12. The molecule has 1 amide bonds. The lowest BCUT2D eigenvalue weighted by atomic mass is 10.2. The standard InChI is InChI=1S/C11H16N2O2/c1-2-8-13-15-11(14)12-9-10-6-4-3-5-7-10/h3-7,13H,2,8-9H2,1H3,(H,12,14). The molecule has 0 saturated carbocycles. The Labute approximate surface area is 89.6 Å². The lowest BCUT2D eigenvalue weighted by Crippen LogP contribution is -2.30. The second kappa shape index (κ2) is 6.84. The number of nitrogens with one attached hydrogen (secondary N) is 2. The summed E-state index contributed by atoms with van der Waals surface area (Å²) in [6.45, 7) is 3.14. The number of hydrogen-bond donors (Lipinski definition) is 2. The average Bonchev–Trinajstić information content (AvgIpc) is 2.28. The van der Waals surface area contributed by atoms with Crippen molar-refractivity contribution in [3.8, 4) is 0 Å². The molecule has 4 heteroatoms. The molecule has 1 rings (SSSR count). The maximum atomic E-state index is 11.1. The predicted molar refractivity (Wildman–Crippen MR) is 58.1 cm³/mol. The molecular formula is C11H16N2O2. The third kappa shape index (κ3) is 5.02. The van der Waals surface area contributed by atoms with Crippen LogP contribution in [0.3, 0.4) is 0 Å². The highest BCUT2D eigenvalue weighted by atomic mass is 16.7. The Kier molecular flexibility index (Phi) is 5.25. The van der Waals surface area contributed by atoms with Crippen molar-refractivity contribution in [2.24, 2.45) is 0 Å². The zero-order chi connectivity index (χ0) is 10.9. The van der Waals surface area contributed by atoms with Gasteiger partial charge in [-0.15, -0.1) is 0 Å². The number of hydrogen-bond acceptors (Lipinski definition) is 3. The molecule has 1 aromatic carbocycles. The minimum Gasteiger partial charge on any atom is -0.354 e. The van der Waals surface area contributed by atoms with Gasteiger partial charge in [-0.25, -0.2) is 4.79 Å². The quantitative estimate of drug-likeness (QED) is 0.573. The maximum Gasteiger partial charge on any atom is 0.426 e. The highest BCUT2D eigenvalue weighted by Crippen LogP contribution is 1.96. The van der Waals surface area contributed by atoms with Crippen molar-refractivity contribution in [2.45, 2.75) is 19.9 Å². The third-order valence-corrected chi connectivity index (χ3v) is 1.80. The molecule has 0 heterocycles. The van der Waals surface area contributed by atoms with Gasteiger partial charge in [0.25, 0.3) is 0 Å². The lowest BCUT2D eigenvalue weighted by Gasteiger charge is -2.06. The summed E-state index contributed by atoms with van der Waals surface area (Å²) >= 11 is 0. The summed E-state index contributed by atoms with van der Waals surface area (Å²) in [5, 5.41) is 2.63. The Morgan fingerprint density at radius 3 is 2.73 bits per heavy atom. The fourth-order valence-electron chi connectivity index (χ4n) is 1.02. The molecule has 0 aliphatic heterocycles. The van der Waals surface area contributed by atoms with Gasteiger partial charge >= 0.3 is 6.09 Å². The average molecular weight is 208 g/mol. The van der Waals surface area contributed by atoms with Gasteiger partial charge < -0.3 is 10.2 Å².